The average Bonchev–Trinajstić information content (AvgIpc) is 2.67. The molecule has 4 nitrogen and oxygen atoms in total. The average molecular weight is 278 g/mol. The first-order valence-electron chi connectivity index (χ1n) is 6.09. The van der Waals surface area contributed by atoms with Gasteiger partial charge in [-0.25, -0.2) is 8.42 Å². The number of nitrogens with one attached hydrogen (secondary N) is 1. The van der Waals surface area contributed by atoms with E-state index in [0.29, 0.717) is 17.7 Å². The lowest BCUT2D eigenvalue weighted by Crippen LogP contribution is -2.26. The number of amidine groups is 1. The van der Waals surface area contributed by atoms with E-state index in [2.05, 4.69) is 24.2 Å². The van der Waals surface area contributed by atoms with Gasteiger partial charge in [-0.05, 0) is 5.92 Å². The quantitative estimate of drug-likeness (QED) is 0.800. The maximum absolute atomic E-state index is 11.0. The predicted molar refractivity (Wildman–Crippen MR) is 75.5 cm³/mol. The summed E-state index contributed by atoms with van der Waals surface area (Å²) in [6.45, 7) is 5.74. The normalized spacial score (nSPS) is 20.7. The van der Waals surface area contributed by atoms with Crippen molar-refractivity contribution in [1.29, 1.82) is 0 Å². The first-order chi connectivity index (χ1) is 7.96. The molecule has 1 rings (SSSR count). The van der Waals surface area contributed by atoms with E-state index in [-0.39, 0.29) is 5.75 Å². The van der Waals surface area contributed by atoms with Crippen molar-refractivity contribution < 1.29 is 8.42 Å². The van der Waals surface area contributed by atoms with Crippen LogP contribution >= 0.6 is 11.8 Å². The number of thioether (sulfide) groups is 1. The number of nitrogens with zero attached hydrogens (tertiary/aromatic N) is 1. The van der Waals surface area contributed by atoms with Crippen LogP contribution in [0.25, 0.3) is 0 Å². The van der Waals surface area contributed by atoms with Gasteiger partial charge in [-0.3, -0.25) is 4.99 Å². The Morgan fingerprint density at radius 2 is 2.12 bits per heavy atom. The molecule has 1 atom stereocenters. The van der Waals surface area contributed by atoms with Crippen LogP contribution < -0.4 is 5.32 Å². The Kier molecular flexibility index (Phi) is 5.79. The van der Waals surface area contributed by atoms with Gasteiger partial charge in [0.2, 0.25) is 0 Å². The molecule has 1 aliphatic rings. The molecule has 0 aliphatic carbocycles. The summed E-state index contributed by atoms with van der Waals surface area (Å²) in [4.78, 5) is 4.43. The minimum absolute atomic E-state index is 0.169. The molecule has 0 aromatic heterocycles. The molecule has 0 saturated carbocycles. The molecule has 0 saturated heterocycles. The van der Waals surface area contributed by atoms with Crippen molar-refractivity contribution in [3.05, 3.63) is 0 Å². The maximum atomic E-state index is 11.0. The van der Waals surface area contributed by atoms with Crippen LogP contribution in [-0.4, -0.2) is 43.9 Å². The Balaban J connectivity index is 2.30. The Hall–Kier alpha value is -0.230. The summed E-state index contributed by atoms with van der Waals surface area (Å²) in [7, 11) is -2.88. The second kappa shape index (κ2) is 6.64. The second-order valence-corrected chi connectivity index (χ2v) is 7.92. The summed E-state index contributed by atoms with van der Waals surface area (Å²) >= 11 is 1.76. The third-order valence-electron chi connectivity index (χ3n) is 3.00. The van der Waals surface area contributed by atoms with E-state index in [9.17, 15) is 8.42 Å². The standard InChI is InChI=1S/C11H22N2O2S2/c1-4-9(5-2)10-8-13-11(16-10)12-6-7-17(3,14)15/h9-10H,4-8H2,1-3H3,(H,12,13). The number of aliphatic imine (C=N–C) groups is 1. The fourth-order valence-corrected chi connectivity index (χ4v) is 3.71. The third kappa shape index (κ3) is 5.29. The zero-order chi connectivity index (χ0) is 12.9. The minimum atomic E-state index is -2.88. The van der Waals surface area contributed by atoms with E-state index < -0.39 is 9.84 Å². The topological polar surface area (TPSA) is 58.5 Å². The molecule has 17 heavy (non-hydrogen) atoms. The molecule has 1 unspecified atom stereocenters. The van der Waals surface area contributed by atoms with E-state index in [1.54, 1.807) is 11.8 Å². The van der Waals surface area contributed by atoms with E-state index in [0.717, 1.165) is 11.7 Å². The van der Waals surface area contributed by atoms with Crippen molar-refractivity contribution >= 4 is 26.8 Å². The van der Waals surface area contributed by atoms with Crippen molar-refractivity contribution in [3.8, 4) is 0 Å². The van der Waals surface area contributed by atoms with Crippen LogP contribution in [0.1, 0.15) is 26.7 Å². The summed E-state index contributed by atoms with van der Waals surface area (Å²) in [5.41, 5.74) is 0. The highest BCUT2D eigenvalue weighted by Gasteiger charge is 2.25. The third-order valence-corrected chi connectivity index (χ3v) is 5.28. The number of hydrogen-bond donors (Lipinski definition) is 1. The van der Waals surface area contributed by atoms with Crippen molar-refractivity contribution in [2.24, 2.45) is 10.9 Å². The van der Waals surface area contributed by atoms with Gasteiger partial charge in [-0.15, -0.1) is 0 Å². The largest absolute Gasteiger partial charge is 0.364 e. The molecular formula is C11H22N2O2S2. The molecule has 0 radical (unpaired) electrons. The lowest BCUT2D eigenvalue weighted by atomic mass is 9.99. The minimum Gasteiger partial charge on any atom is -0.364 e. The van der Waals surface area contributed by atoms with Crippen LogP contribution in [-0.2, 0) is 9.84 Å². The van der Waals surface area contributed by atoms with Crippen LogP contribution in [0.4, 0.5) is 0 Å². The van der Waals surface area contributed by atoms with Gasteiger partial charge in [0.25, 0.3) is 0 Å². The van der Waals surface area contributed by atoms with Gasteiger partial charge in [-0.2, -0.15) is 0 Å². The van der Waals surface area contributed by atoms with Gasteiger partial charge in [-0.1, -0.05) is 38.5 Å². The Morgan fingerprint density at radius 1 is 1.47 bits per heavy atom. The molecule has 6 heteroatoms. The summed E-state index contributed by atoms with van der Waals surface area (Å²) in [5, 5.41) is 4.57. The van der Waals surface area contributed by atoms with Gasteiger partial charge in [0.15, 0.2) is 5.17 Å². The van der Waals surface area contributed by atoms with Crippen molar-refractivity contribution in [2.45, 2.75) is 31.9 Å². The van der Waals surface area contributed by atoms with Gasteiger partial charge >= 0.3 is 0 Å². The molecule has 1 aliphatic heterocycles. The van der Waals surface area contributed by atoms with Gasteiger partial charge in [0.05, 0.1) is 12.3 Å². The predicted octanol–water partition coefficient (Wildman–Crippen LogP) is 1.53. The Labute approximate surface area is 109 Å². The SMILES string of the molecule is CCC(CC)C1CN=C(NCCS(C)(=O)=O)S1. The molecule has 0 aromatic rings. The van der Waals surface area contributed by atoms with Crippen molar-refractivity contribution in [1.82, 2.24) is 5.32 Å². The number of rotatable bonds is 6. The zero-order valence-corrected chi connectivity index (χ0v) is 12.4. The molecule has 0 amide bonds. The molecule has 0 aromatic carbocycles. The van der Waals surface area contributed by atoms with E-state index >= 15 is 0 Å². The van der Waals surface area contributed by atoms with Gasteiger partial charge in [0, 0.05) is 18.1 Å². The van der Waals surface area contributed by atoms with E-state index in [4.69, 9.17) is 0 Å². The Bertz CT molecular complexity index is 362. The monoisotopic (exact) mass is 278 g/mol. The molecule has 1 N–H and O–H groups in total. The first kappa shape index (κ1) is 14.8. The molecule has 1 heterocycles. The van der Waals surface area contributed by atoms with E-state index in [1.807, 2.05) is 0 Å². The summed E-state index contributed by atoms with van der Waals surface area (Å²) in [6, 6.07) is 0. The molecule has 100 valence electrons. The highest BCUT2D eigenvalue weighted by molar-refractivity contribution is 8.14. The van der Waals surface area contributed by atoms with Crippen molar-refractivity contribution in [3.63, 3.8) is 0 Å². The summed E-state index contributed by atoms with van der Waals surface area (Å²) < 4.78 is 22.0. The summed E-state index contributed by atoms with van der Waals surface area (Å²) in [5.74, 6) is 0.875. The highest BCUT2D eigenvalue weighted by Crippen LogP contribution is 2.30. The summed E-state index contributed by atoms with van der Waals surface area (Å²) in [6.07, 6.45) is 3.62. The lowest BCUT2D eigenvalue weighted by molar-refractivity contribution is 0.479. The molecule has 0 spiro atoms. The second-order valence-electron chi connectivity index (χ2n) is 4.44. The van der Waals surface area contributed by atoms with Crippen LogP contribution in [0, 0.1) is 5.92 Å². The van der Waals surface area contributed by atoms with E-state index in [1.165, 1.54) is 19.1 Å². The molecular weight excluding hydrogens is 256 g/mol. The lowest BCUT2D eigenvalue weighted by Gasteiger charge is -2.18. The first-order valence-corrected chi connectivity index (χ1v) is 9.03. The van der Waals surface area contributed by atoms with Crippen LogP contribution in [0.2, 0.25) is 0 Å². The van der Waals surface area contributed by atoms with Gasteiger partial charge in [0.1, 0.15) is 9.84 Å². The number of hydrogen-bond acceptors (Lipinski definition) is 5. The Morgan fingerprint density at radius 3 is 2.65 bits per heavy atom. The molecule has 0 fully saturated rings. The van der Waals surface area contributed by atoms with Crippen LogP contribution in [0.3, 0.4) is 0 Å². The maximum Gasteiger partial charge on any atom is 0.156 e. The highest BCUT2D eigenvalue weighted by atomic mass is 32.2. The van der Waals surface area contributed by atoms with Crippen molar-refractivity contribution in [2.75, 3.05) is 25.1 Å². The smallest absolute Gasteiger partial charge is 0.156 e. The zero-order valence-electron chi connectivity index (χ0n) is 10.8. The fraction of sp³-hybridized carbons (Fsp3) is 0.909. The molecule has 0 bridgehead atoms. The number of sulfone groups is 1. The van der Waals surface area contributed by atoms with Gasteiger partial charge < -0.3 is 5.32 Å². The fourth-order valence-electron chi connectivity index (χ4n) is 1.89. The van der Waals surface area contributed by atoms with Crippen LogP contribution in [0.5, 0.6) is 0 Å². The van der Waals surface area contributed by atoms with Crippen LogP contribution in [0.15, 0.2) is 4.99 Å².